The van der Waals surface area contributed by atoms with Gasteiger partial charge >= 0.3 is 0 Å². The van der Waals surface area contributed by atoms with Crippen LogP contribution in [-0.4, -0.2) is 37.1 Å². The van der Waals surface area contributed by atoms with Crippen LogP contribution < -0.4 is 10.5 Å². The molecule has 2 rings (SSSR count). The summed E-state index contributed by atoms with van der Waals surface area (Å²) in [7, 11) is 3.67. The van der Waals surface area contributed by atoms with Gasteiger partial charge in [0.25, 0.3) is 0 Å². The predicted molar refractivity (Wildman–Crippen MR) is 54.2 cm³/mol. The fourth-order valence-corrected chi connectivity index (χ4v) is 1.90. The molecule has 1 aliphatic heterocycles. The zero-order chi connectivity index (χ0) is 10.2. The molecule has 1 aromatic rings. The number of nitrogens with zero attached hydrogens (tertiary/aromatic N) is 2. The highest BCUT2D eigenvalue weighted by molar-refractivity contribution is 5.28. The van der Waals surface area contributed by atoms with E-state index in [0.717, 1.165) is 18.7 Å². The molecule has 1 fully saturated rings. The molecule has 0 atom stereocenters. The Balaban J connectivity index is 2.17. The molecule has 4 heteroatoms. The zero-order valence-corrected chi connectivity index (χ0v) is 8.53. The maximum absolute atomic E-state index is 6.18. The molecular formula is C10H15N3O. The van der Waals surface area contributed by atoms with Gasteiger partial charge in [-0.05, 0) is 12.6 Å². The molecule has 0 unspecified atom stereocenters. The SMILES string of the molecule is COc1ccc(C2(N)CN(C)C2)cn1. The standard InChI is InChI=1S/C10H15N3O/c1-13-6-10(11,7-13)8-3-4-9(14-2)12-5-8/h3-5H,6-7,11H2,1-2H3. The Labute approximate surface area is 83.7 Å². The van der Waals surface area contributed by atoms with Crippen molar-refractivity contribution in [3.05, 3.63) is 23.9 Å². The van der Waals surface area contributed by atoms with Crippen LogP contribution in [-0.2, 0) is 5.54 Å². The van der Waals surface area contributed by atoms with E-state index in [9.17, 15) is 0 Å². The van der Waals surface area contributed by atoms with E-state index < -0.39 is 0 Å². The molecule has 0 spiro atoms. The average Bonchev–Trinajstić information content (AvgIpc) is 2.16. The van der Waals surface area contributed by atoms with Crippen molar-refractivity contribution in [2.24, 2.45) is 5.73 Å². The highest BCUT2D eigenvalue weighted by Crippen LogP contribution is 2.27. The van der Waals surface area contributed by atoms with Gasteiger partial charge in [-0.25, -0.2) is 4.98 Å². The van der Waals surface area contributed by atoms with E-state index in [4.69, 9.17) is 10.5 Å². The lowest BCUT2D eigenvalue weighted by Gasteiger charge is -2.45. The first-order valence-corrected chi connectivity index (χ1v) is 4.62. The molecule has 2 N–H and O–H groups in total. The largest absolute Gasteiger partial charge is 0.481 e. The second-order valence-electron chi connectivity index (χ2n) is 3.92. The minimum absolute atomic E-state index is 0.214. The molecule has 2 heterocycles. The Kier molecular flexibility index (Phi) is 2.17. The summed E-state index contributed by atoms with van der Waals surface area (Å²) in [5.41, 5.74) is 7.05. The summed E-state index contributed by atoms with van der Waals surface area (Å²) in [5, 5.41) is 0. The second kappa shape index (κ2) is 3.22. The molecule has 0 bridgehead atoms. The molecule has 1 aliphatic rings. The van der Waals surface area contributed by atoms with Gasteiger partial charge in [-0.1, -0.05) is 6.07 Å². The third-order valence-electron chi connectivity index (χ3n) is 2.62. The molecule has 0 amide bonds. The van der Waals surface area contributed by atoms with Crippen LogP contribution in [0.4, 0.5) is 0 Å². The van der Waals surface area contributed by atoms with Crippen molar-refractivity contribution >= 4 is 0 Å². The summed E-state index contributed by atoms with van der Waals surface area (Å²) < 4.78 is 4.99. The number of likely N-dealkylation sites (N-methyl/N-ethyl adjacent to an activating group) is 1. The Morgan fingerprint density at radius 2 is 2.21 bits per heavy atom. The molecular weight excluding hydrogens is 178 g/mol. The van der Waals surface area contributed by atoms with E-state index >= 15 is 0 Å². The molecule has 76 valence electrons. The summed E-state index contributed by atoms with van der Waals surface area (Å²) in [5.74, 6) is 0.630. The van der Waals surface area contributed by atoms with E-state index in [1.54, 1.807) is 13.3 Å². The zero-order valence-electron chi connectivity index (χ0n) is 8.53. The highest BCUT2D eigenvalue weighted by atomic mass is 16.5. The minimum Gasteiger partial charge on any atom is -0.481 e. The quantitative estimate of drug-likeness (QED) is 0.728. The van der Waals surface area contributed by atoms with Crippen LogP contribution in [0.2, 0.25) is 0 Å². The number of likely N-dealkylation sites (tertiary alicyclic amines) is 1. The van der Waals surface area contributed by atoms with Gasteiger partial charge in [0, 0.05) is 25.4 Å². The number of hydrogen-bond donors (Lipinski definition) is 1. The summed E-state index contributed by atoms with van der Waals surface area (Å²) in [6.07, 6.45) is 1.80. The second-order valence-corrected chi connectivity index (χ2v) is 3.92. The number of methoxy groups -OCH3 is 1. The fraction of sp³-hybridized carbons (Fsp3) is 0.500. The van der Waals surface area contributed by atoms with E-state index in [-0.39, 0.29) is 5.54 Å². The molecule has 0 aliphatic carbocycles. The van der Waals surface area contributed by atoms with Crippen LogP contribution in [0, 0.1) is 0 Å². The number of nitrogens with two attached hydrogens (primary N) is 1. The Morgan fingerprint density at radius 1 is 1.50 bits per heavy atom. The van der Waals surface area contributed by atoms with Gasteiger partial charge in [0.1, 0.15) is 0 Å². The number of ether oxygens (including phenoxy) is 1. The van der Waals surface area contributed by atoms with Gasteiger partial charge in [0.05, 0.1) is 12.6 Å². The first-order valence-electron chi connectivity index (χ1n) is 4.62. The first-order chi connectivity index (χ1) is 6.64. The van der Waals surface area contributed by atoms with Crippen molar-refractivity contribution < 1.29 is 4.74 Å². The normalized spacial score (nSPS) is 20.2. The van der Waals surface area contributed by atoms with Crippen molar-refractivity contribution in [1.29, 1.82) is 0 Å². The topological polar surface area (TPSA) is 51.4 Å². The molecule has 1 saturated heterocycles. The third kappa shape index (κ3) is 1.47. The third-order valence-corrected chi connectivity index (χ3v) is 2.62. The van der Waals surface area contributed by atoms with Crippen molar-refractivity contribution in [2.45, 2.75) is 5.54 Å². The van der Waals surface area contributed by atoms with E-state index in [1.165, 1.54) is 0 Å². The molecule has 14 heavy (non-hydrogen) atoms. The fourth-order valence-electron chi connectivity index (χ4n) is 1.90. The first kappa shape index (κ1) is 9.43. The molecule has 0 aromatic carbocycles. The van der Waals surface area contributed by atoms with Crippen molar-refractivity contribution in [3.8, 4) is 5.88 Å². The maximum atomic E-state index is 6.18. The predicted octanol–water partition coefficient (Wildman–Crippen LogP) is 0.190. The number of pyridine rings is 1. The molecule has 1 aromatic heterocycles. The van der Waals surface area contributed by atoms with Crippen molar-refractivity contribution in [3.63, 3.8) is 0 Å². The van der Waals surface area contributed by atoms with Crippen LogP contribution in [0.5, 0.6) is 5.88 Å². The van der Waals surface area contributed by atoms with Crippen LogP contribution in [0.1, 0.15) is 5.56 Å². The smallest absolute Gasteiger partial charge is 0.212 e. The number of rotatable bonds is 2. The lowest BCUT2D eigenvalue weighted by atomic mass is 9.85. The average molecular weight is 193 g/mol. The lowest BCUT2D eigenvalue weighted by Crippen LogP contribution is -2.63. The molecule has 4 nitrogen and oxygen atoms in total. The van der Waals surface area contributed by atoms with E-state index in [0.29, 0.717) is 5.88 Å². The van der Waals surface area contributed by atoms with E-state index in [2.05, 4.69) is 16.9 Å². The summed E-state index contributed by atoms with van der Waals surface area (Å²) in [6, 6.07) is 3.83. The molecule has 0 radical (unpaired) electrons. The van der Waals surface area contributed by atoms with Gasteiger partial charge in [0.2, 0.25) is 5.88 Å². The summed E-state index contributed by atoms with van der Waals surface area (Å²) in [6.45, 7) is 1.78. The van der Waals surface area contributed by atoms with Crippen LogP contribution in [0.15, 0.2) is 18.3 Å². The van der Waals surface area contributed by atoms with Gasteiger partial charge < -0.3 is 15.4 Å². The monoisotopic (exact) mass is 193 g/mol. The minimum atomic E-state index is -0.214. The molecule has 0 saturated carbocycles. The van der Waals surface area contributed by atoms with Crippen LogP contribution in [0.3, 0.4) is 0 Å². The highest BCUT2D eigenvalue weighted by Gasteiger charge is 2.38. The van der Waals surface area contributed by atoms with Gasteiger partial charge in [0.15, 0.2) is 0 Å². The number of hydrogen-bond acceptors (Lipinski definition) is 4. The maximum Gasteiger partial charge on any atom is 0.212 e. The van der Waals surface area contributed by atoms with Crippen LogP contribution >= 0.6 is 0 Å². The van der Waals surface area contributed by atoms with Crippen molar-refractivity contribution in [2.75, 3.05) is 27.2 Å². The van der Waals surface area contributed by atoms with Crippen molar-refractivity contribution in [1.82, 2.24) is 9.88 Å². The lowest BCUT2D eigenvalue weighted by molar-refractivity contribution is 0.0984. The Morgan fingerprint density at radius 3 is 2.64 bits per heavy atom. The van der Waals surface area contributed by atoms with Crippen LogP contribution in [0.25, 0.3) is 0 Å². The Bertz CT molecular complexity index is 317. The van der Waals surface area contributed by atoms with Gasteiger partial charge in [-0.3, -0.25) is 0 Å². The van der Waals surface area contributed by atoms with E-state index in [1.807, 2.05) is 12.1 Å². The van der Waals surface area contributed by atoms with Gasteiger partial charge in [-0.15, -0.1) is 0 Å². The van der Waals surface area contributed by atoms with Gasteiger partial charge in [-0.2, -0.15) is 0 Å². The number of aromatic nitrogens is 1. The summed E-state index contributed by atoms with van der Waals surface area (Å²) >= 11 is 0. The Hall–Kier alpha value is -1.13. The summed E-state index contributed by atoms with van der Waals surface area (Å²) in [4.78, 5) is 6.33.